The van der Waals surface area contributed by atoms with Crippen molar-refractivity contribution in [1.82, 2.24) is 14.8 Å². The summed E-state index contributed by atoms with van der Waals surface area (Å²) in [5.74, 6) is 0.981. The molecule has 0 unspecified atom stereocenters. The maximum absolute atomic E-state index is 12.5. The summed E-state index contributed by atoms with van der Waals surface area (Å²) in [5.41, 5.74) is 3.27. The first-order valence-corrected chi connectivity index (χ1v) is 11.6. The first-order valence-electron chi connectivity index (χ1n) is 11.6. The number of nitrogens with one attached hydrogen (secondary N) is 1. The lowest BCUT2D eigenvalue weighted by Crippen LogP contribution is -2.50. The molecule has 0 radical (unpaired) electrons. The van der Waals surface area contributed by atoms with Gasteiger partial charge in [-0.15, -0.1) is 0 Å². The quantitative estimate of drug-likeness (QED) is 0.798. The molecule has 1 atom stereocenters. The highest BCUT2D eigenvalue weighted by Gasteiger charge is 2.32. The summed E-state index contributed by atoms with van der Waals surface area (Å²) in [6.07, 6.45) is 7.19. The number of carbonyl (C=O) groups excluding carboxylic acids is 2. The second-order valence-corrected chi connectivity index (χ2v) is 9.04. The van der Waals surface area contributed by atoms with E-state index in [0.717, 1.165) is 57.5 Å². The number of amides is 3. The Kier molecular flexibility index (Phi) is 6.08. The van der Waals surface area contributed by atoms with Gasteiger partial charge in [0.1, 0.15) is 6.10 Å². The van der Waals surface area contributed by atoms with E-state index >= 15 is 0 Å². The minimum atomic E-state index is -0.222. The van der Waals surface area contributed by atoms with Crippen LogP contribution in [0.15, 0.2) is 48.8 Å². The Morgan fingerprint density at radius 2 is 1.72 bits per heavy atom. The predicted molar refractivity (Wildman–Crippen MR) is 122 cm³/mol. The SMILES string of the molecule is O=C(Nc1ccc(C2CCN(C(=O)[C@@H]3CCCO3)CC2)cc1)N1CC(c2cccnc2)C1. The number of hydrogen-bond donors (Lipinski definition) is 1. The maximum atomic E-state index is 12.5. The third kappa shape index (κ3) is 4.48. The van der Waals surface area contributed by atoms with Gasteiger partial charge >= 0.3 is 6.03 Å². The van der Waals surface area contributed by atoms with E-state index in [9.17, 15) is 9.59 Å². The number of aromatic nitrogens is 1. The highest BCUT2D eigenvalue weighted by atomic mass is 16.5. The lowest BCUT2D eigenvalue weighted by Gasteiger charge is -2.39. The molecule has 0 aliphatic carbocycles. The number of nitrogens with zero attached hydrogens (tertiary/aromatic N) is 3. The summed E-state index contributed by atoms with van der Waals surface area (Å²) in [6, 6.07) is 12.1. The topological polar surface area (TPSA) is 74.8 Å². The van der Waals surface area contributed by atoms with Gasteiger partial charge in [-0.05, 0) is 60.9 Å². The Labute approximate surface area is 188 Å². The van der Waals surface area contributed by atoms with E-state index in [1.165, 1.54) is 11.1 Å². The minimum absolute atomic E-state index is 0.0566. The number of anilines is 1. The Hall–Kier alpha value is -2.93. The molecule has 32 heavy (non-hydrogen) atoms. The van der Waals surface area contributed by atoms with Crippen LogP contribution in [-0.2, 0) is 9.53 Å². The van der Waals surface area contributed by atoms with Crippen LogP contribution in [0.3, 0.4) is 0 Å². The van der Waals surface area contributed by atoms with E-state index in [1.54, 1.807) is 6.20 Å². The number of hydrogen-bond acceptors (Lipinski definition) is 4. The summed E-state index contributed by atoms with van der Waals surface area (Å²) in [7, 11) is 0. The van der Waals surface area contributed by atoms with Crippen LogP contribution in [0.4, 0.5) is 10.5 Å². The summed E-state index contributed by atoms with van der Waals surface area (Å²) in [5, 5.41) is 3.00. The Morgan fingerprint density at radius 3 is 2.38 bits per heavy atom. The normalized spacial score (nSPS) is 21.9. The van der Waals surface area contributed by atoms with Gasteiger partial charge in [0.2, 0.25) is 0 Å². The molecule has 2 aromatic rings. The van der Waals surface area contributed by atoms with Gasteiger partial charge in [0.15, 0.2) is 0 Å². The van der Waals surface area contributed by atoms with Crippen molar-refractivity contribution in [3.63, 3.8) is 0 Å². The van der Waals surface area contributed by atoms with Crippen molar-refractivity contribution >= 4 is 17.6 Å². The molecule has 168 valence electrons. The molecule has 5 rings (SSSR count). The van der Waals surface area contributed by atoms with Gasteiger partial charge in [0.05, 0.1) is 0 Å². The zero-order valence-corrected chi connectivity index (χ0v) is 18.3. The van der Waals surface area contributed by atoms with E-state index in [4.69, 9.17) is 4.74 Å². The Balaban J connectivity index is 1.09. The molecular formula is C25H30N4O3. The van der Waals surface area contributed by atoms with Crippen LogP contribution < -0.4 is 5.32 Å². The van der Waals surface area contributed by atoms with Crippen molar-refractivity contribution in [1.29, 1.82) is 0 Å². The first kappa shape index (κ1) is 20.9. The van der Waals surface area contributed by atoms with Crippen LogP contribution in [0, 0.1) is 0 Å². The van der Waals surface area contributed by atoms with Gasteiger partial charge in [0.25, 0.3) is 5.91 Å². The summed E-state index contributed by atoms with van der Waals surface area (Å²) in [6.45, 7) is 3.72. The predicted octanol–water partition coefficient (Wildman–Crippen LogP) is 3.60. The number of likely N-dealkylation sites (tertiary alicyclic amines) is 2. The third-order valence-electron chi connectivity index (χ3n) is 6.97. The molecule has 0 bridgehead atoms. The molecule has 0 spiro atoms. The molecule has 1 N–H and O–H groups in total. The fraction of sp³-hybridized carbons (Fsp3) is 0.480. The lowest BCUT2D eigenvalue weighted by atomic mass is 9.89. The second kappa shape index (κ2) is 9.28. The van der Waals surface area contributed by atoms with E-state index in [-0.39, 0.29) is 18.0 Å². The fourth-order valence-corrected chi connectivity index (χ4v) is 4.92. The molecule has 7 nitrogen and oxygen atoms in total. The van der Waals surface area contributed by atoms with E-state index in [0.29, 0.717) is 18.4 Å². The third-order valence-corrected chi connectivity index (χ3v) is 6.97. The van der Waals surface area contributed by atoms with E-state index in [1.807, 2.05) is 34.2 Å². The van der Waals surface area contributed by atoms with Crippen LogP contribution in [0.5, 0.6) is 0 Å². The number of rotatable bonds is 4. The molecule has 1 aromatic carbocycles. The molecule has 0 saturated carbocycles. The maximum Gasteiger partial charge on any atom is 0.321 e. The molecule has 1 aromatic heterocycles. The van der Waals surface area contributed by atoms with Crippen LogP contribution in [0.1, 0.15) is 48.6 Å². The van der Waals surface area contributed by atoms with Gasteiger partial charge < -0.3 is 19.9 Å². The highest BCUT2D eigenvalue weighted by Crippen LogP contribution is 2.31. The van der Waals surface area contributed by atoms with E-state index in [2.05, 4.69) is 28.5 Å². The highest BCUT2D eigenvalue weighted by molar-refractivity contribution is 5.90. The summed E-state index contributed by atoms with van der Waals surface area (Å²) < 4.78 is 5.55. The molecule has 4 heterocycles. The monoisotopic (exact) mass is 434 g/mol. The number of piperidine rings is 1. The average molecular weight is 435 g/mol. The fourth-order valence-electron chi connectivity index (χ4n) is 4.92. The average Bonchev–Trinajstić information content (AvgIpc) is 3.34. The van der Waals surface area contributed by atoms with Crippen molar-refractivity contribution in [2.24, 2.45) is 0 Å². The van der Waals surface area contributed by atoms with Crippen LogP contribution in [0.2, 0.25) is 0 Å². The van der Waals surface area contributed by atoms with Crippen molar-refractivity contribution in [2.45, 2.75) is 43.6 Å². The molecule has 3 saturated heterocycles. The van der Waals surface area contributed by atoms with Crippen LogP contribution >= 0.6 is 0 Å². The van der Waals surface area contributed by atoms with Crippen LogP contribution in [-0.4, -0.2) is 65.6 Å². The number of ether oxygens (including phenoxy) is 1. The van der Waals surface area contributed by atoms with E-state index < -0.39 is 0 Å². The zero-order chi connectivity index (χ0) is 21.9. The Morgan fingerprint density at radius 1 is 0.938 bits per heavy atom. The second-order valence-electron chi connectivity index (χ2n) is 9.04. The molecular weight excluding hydrogens is 404 g/mol. The molecule has 7 heteroatoms. The zero-order valence-electron chi connectivity index (χ0n) is 18.3. The van der Waals surface area contributed by atoms with Crippen molar-refractivity contribution in [3.8, 4) is 0 Å². The number of carbonyl (C=O) groups is 2. The standard InChI is InChI=1S/C25H30N4O3/c30-24(23-4-2-14-32-23)28-12-9-19(10-13-28)18-5-7-22(8-6-18)27-25(31)29-16-21(17-29)20-3-1-11-26-15-20/h1,3,5-8,11,15,19,21,23H,2,4,9-10,12-14,16-17H2,(H,27,31)/t23-/m0/s1. The number of benzene rings is 1. The van der Waals surface area contributed by atoms with Gasteiger partial charge in [-0.3, -0.25) is 9.78 Å². The van der Waals surface area contributed by atoms with Gasteiger partial charge in [0, 0.05) is 56.8 Å². The van der Waals surface area contributed by atoms with Gasteiger partial charge in [-0.25, -0.2) is 4.79 Å². The number of pyridine rings is 1. The lowest BCUT2D eigenvalue weighted by molar-refractivity contribution is -0.142. The summed E-state index contributed by atoms with van der Waals surface area (Å²) in [4.78, 5) is 33.0. The largest absolute Gasteiger partial charge is 0.368 e. The summed E-state index contributed by atoms with van der Waals surface area (Å²) >= 11 is 0. The molecule has 3 aliphatic rings. The van der Waals surface area contributed by atoms with Crippen molar-refractivity contribution in [2.75, 3.05) is 38.1 Å². The van der Waals surface area contributed by atoms with Crippen molar-refractivity contribution < 1.29 is 14.3 Å². The van der Waals surface area contributed by atoms with Crippen LogP contribution in [0.25, 0.3) is 0 Å². The minimum Gasteiger partial charge on any atom is -0.368 e. The molecule has 3 amide bonds. The molecule has 3 aliphatic heterocycles. The number of urea groups is 1. The molecule has 3 fully saturated rings. The smallest absolute Gasteiger partial charge is 0.321 e. The van der Waals surface area contributed by atoms with Gasteiger partial charge in [-0.2, -0.15) is 0 Å². The Bertz CT molecular complexity index is 929. The first-order chi connectivity index (χ1) is 15.7. The van der Waals surface area contributed by atoms with Gasteiger partial charge in [-0.1, -0.05) is 18.2 Å². The van der Waals surface area contributed by atoms with Crippen molar-refractivity contribution in [3.05, 3.63) is 59.9 Å².